The number of piperidine rings is 1. The Labute approximate surface area is 132 Å². The van der Waals surface area contributed by atoms with E-state index in [1.165, 1.54) is 30.7 Å². The summed E-state index contributed by atoms with van der Waals surface area (Å²) in [5.41, 5.74) is 0. The number of likely N-dealkylation sites (N-methyl/N-ethyl adjacent to an activating group) is 1. The maximum Gasteiger partial charge on any atom is 0.191 e. The van der Waals surface area contributed by atoms with Gasteiger partial charge in [0, 0.05) is 24.5 Å². The van der Waals surface area contributed by atoms with Gasteiger partial charge in [-0.25, -0.2) is 0 Å². The van der Waals surface area contributed by atoms with Gasteiger partial charge in [-0.15, -0.1) is 11.3 Å². The number of likely N-dealkylation sites (tertiary alicyclic amines) is 1. The van der Waals surface area contributed by atoms with E-state index in [1.807, 2.05) is 7.05 Å². The fraction of sp³-hybridized carbons (Fsp3) is 0.688. The Bertz CT molecular complexity index is 429. The maximum atomic E-state index is 4.35. The molecule has 0 saturated carbocycles. The first-order valence-electron chi connectivity index (χ1n) is 7.99. The van der Waals surface area contributed by atoms with Crippen LogP contribution in [0, 0.1) is 0 Å². The van der Waals surface area contributed by atoms with Crippen molar-refractivity contribution in [2.45, 2.75) is 45.2 Å². The molecule has 0 spiro atoms. The van der Waals surface area contributed by atoms with Crippen molar-refractivity contribution in [1.82, 2.24) is 15.5 Å². The molecule has 0 aromatic carbocycles. The molecule has 1 aromatic rings. The highest BCUT2D eigenvalue weighted by Gasteiger charge is 2.21. The number of aliphatic imine (C=N–C) groups is 1. The van der Waals surface area contributed by atoms with E-state index in [1.54, 1.807) is 11.3 Å². The Morgan fingerprint density at radius 2 is 2.38 bits per heavy atom. The first kappa shape index (κ1) is 16.3. The lowest BCUT2D eigenvalue weighted by atomic mass is 10.0. The van der Waals surface area contributed by atoms with E-state index in [-0.39, 0.29) is 0 Å². The second-order valence-electron chi connectivity index (χ2n) is 5.61. The van der Waals surface area contributed by atoms with E-state index in [2.05, 4.69) is 51.9 Å². The van der Waals surface area contributed by atoms with Gasteiger partial charge in [-0.3, -0.25) is 9.89 Å². The molecule has 21 heavy (non-hydrogen) atoms. The molecule has 0 amide bonds. The minimum Gasteiger partial charge on any atom is -0.355 e. The smallest absolute Gasteiger partial charge is 0.191 e. The van der Waals surface area contributed by atoms with Crippen LogP contribution in [0.2, 0.25) is 0 Å². The summed E-state index contributed by atoms with van der Waals surface area (Å²) in [5, 5.41) is 9.09. The van der Waals surface area contributed by atoms with Crippen LogP contribution in [0.4, 0.5) is 0 Å². The molecule has 118 valence electrons. The normalized spacial score (nSPS) is 22.0. The van der Waals surface area contributed by atoms with Crippen LogP contribution >= 0.6 is 11.3 Å². The maximum absolute atomic E-state index is 4.35. The molecule has 2 rings (SSSR count). The minimum absolute atomic E-state index is 0.296. The molecule has 0 bridgehead atoms. The molecule has 2 heterocycles. The van der Waals surface area contributed by atoms with E-state index < -0.39 is 0 Å². The predicted octanol–water partition coefficient (Wildman–Crippen LogP) is 2.85. The summed E-state index contributed by atoms with van der Waals surface area (Å²) in [7, 11) is 1.84. The fourth-order valence-corrected chi connectivity index (χ4v) is 3.66. The van der Waals surface area contributed by atoms with Crippen molar-refractivity contribution in [3.05, 3.63) is 22.4 Å². The van der Waals surface area contributed by atoms with Crippen LogP contribution in [0.1, 0.15) is 44.0 Å². The number of thiophene rings is 1. The van der Waals surface area contributed by atoms with Crippen molar-refractivity contribution < 1.29 is 0 Å². The highest BCUT2D eigenvalue weighted by Crippen LogP contribution is 2.18. The van der Waals surface area contributed by atoms with Crippen LogP contribution in [0.3, 0.4) is 0 Å². The topological polar surface area (TPSA) is 39.7 Å². The average Bonchev–Trinajstić information content (AvgIpc) is 3.06. The fourth-order valence-electron chi connectivity index (χ4n) is 2.93. The van der Waals surface area contributed by atoms with Gasteiger partial charge in [-0.2, -0.15) is 0 Å². The number of rotatable bonds is 5. The van der Waals surface area contributed by atoms with Crippen molar-refractivity contribution in [3.63, 3.8) is 0 Å². The minimum atomic E-state index is 0.296. The van der Waals surface area contributed by atoms with Crippen LogP contribution in [0.25, 0.3) is 0 Å². The SMILES string of the molecule is CCN1CCCCC1CNC(=NC)NC(C)c1cccs1. The van der Waals surface area contributed by atoms with Crippen molar-refractivity contribution in [2.24, 2.45) is 4.99 Å². The second kappa shape index (κ2) is 8.39. The molecule has 2 unspecified atom stereocenters. The largest absolute Gasteiger partial charge is 0.355 e. The Balaban J connectivity index is 1.82. The van der Waals surface area contributed by atoms with E-state index in [4.69, 9.17) is 0 Å². The third-order valence-electron chi connectivity index (χ3n) is 4.21. The lowest BCUT2D eigenvalue weighted by Gasteiger charge is -2.35. The summed E-state index contributed by atoms with van der Waals surface area (Å²) in [6.07, 6.45) is 3.98. The molecule has 5 heteroatoms. The van der Waals surface area contributed by atoms with Crippen LogP contribution in [-0.2, 0) is 0 Å². The summed E-state index contributed by atoms with van der Waals surface area (Å²) in [6, 6.07) is 5.19. The van der Waals surface area contributed by atoms with Crippen LogP contribution in [0.5, 0.6) is 0 Å². The van der Waals surface area contributed by atoms with Crippen molar-refractivity contribution >= 4 is 17.3 Å². The Hall–Kier alpha value is -1.07. The Morgan fingerprint density at radius 3 is 3.05 bits per heavy atom. The highest BCUT2D eigenvalue weighted by molar-refractivity contribution is 7.10. The number of nitrogens with zero attached hydrogens (tertiary/aromatic N) is 2. The molecule has 0 aliphatic carbocycles. The molecule has 1 aromatic heterocycles. The summed E-state index contributed by atoms with van der Waals surface area (Å²) in [6.45, 7) is 7.79. The molecule has 1 aliphatic heterocycles. The molecule has 4 nitrogen and oxygen atoms in total. The van der Waals surface area contributed by atoms with Crippen LogP contribution < -0.4 is 10.6 Å². The van der Waals surface area contributed by atoms with E-state index in [0.29, 0.717) is 12.1 Å². The van der Waals surface area contributed by atoms with Crippen molar-refractivity contribution in [1.29, 1.82) is 0 Å². The quantitative estimate of drug-likeness (QED) is 0.649. The van der Waals surface area contributed by atoms with Gasteiger partial charge in [0.05, 0.1) is 6.04 Å². The van der Waals surface area contributed by atoms with Gasteiger partial charge in [0.1, 0.15) is 0 Å². The zero-order valence-corrected chi connectivity index (χ0v) is 14.2. The molecular formula is C16H28N4S. The monoisotopic (exact) mass is 308 g/mol. The number of nitrogens with one attached hydrogen (secondary N) is 2. The molecule has 1 aliphatic rings. The molecule has 1 fully saturated rings. The zero-order chi connectivity index (χ0) is 15.1. The molecule has 1 saturated heterocycles. The van der Waals surface area contributed by atoms with Gasteiger partial charge >= 0.3 is 0 Å². The molecule has 0 radical (unpaired) electrons. The summed E-state index contributed by atoms with van der Waals surface area (Å²) < 4.78 is 0. The lowest BCUT2D eigenvalue weighted by Crippen LogP contribution is -2.49. The van der Waals surface area contributed by atoms with Crippen LogP contribution in [0.15, 0.2) is 22.5 Å². The standard InChI is InChI=1S/C16H28N4S/c1-4-20-10-6-5-8-14(20)12-18-16(17-3)19-13(2)15-9-7-11-21-15/h7,9,11,13-14H,4-6,8,10,12H2,1-3H3,(H2,17,18,19). The number of guanidine groups is 1. The highest BCUT2D eigenvalue weighted by atomic mass is 32.1. The van der Waals surface area contributed by atoms with Crippen LogP contribution in [-0.4, -0.2) is 43.6 Å². The Kier molecular flexibility index (Phi) is 6.51. The third-order valence-corrected chi connectivity index (χ3v) is 5.26. The number of hydrogen-bond donors (Lipinski definition) is 2. The second-order valence-corrected chi connectivity index (χ2v) is 6.59. The third kappa shape index (κ3) is 4.71. The first-order chi connectivity index (χ1) is 10.2. The first-order valence-corrected chi connectivity index (χ1v) is 8.87. The van der Waals surface area contributed by atoms with Gasteiger partial charge in [0.15, 0.2) is 5.96 Å². The summed E-state index contributed by atoms with van der Waals surface area (Å²) >= 11 is 1.78. The molecule has 2 atom stereocenters. The van der Waals surface area contributed by atoms with E-state index in [0.717, 1.165) is 19.0 Å². The van der Waals surface area contributed by atoms with Crippen molar-refractivity contribution in [3.8, 4) is 0 Å². The van der Waals surface area contributed by atoms with E-state index >= 15 is 0 Å². The Morgan fingerprint density at radius 1 is 1.52 bits per heavy atom. The summed E-state index contributed by atoms with van der Waals surface area (Å²) in [4.78, 5) is 8.27. The van der Waals surface area contributed by atoms with Gasteiger partial charge in [-0.05, 0) is 44.3 Å². The van der Waals surface area contributed by atoms with Gasteiger partial charge in [0.2, 0.25) is 0 Å². The van der Waals surface area contributed by atoms with E-state index in [9.17, 15) is 0 Å². The molecule has 2 N–H and O–H groups in total. The van der Waals surface area contributed by atoms with Gasteiger partial charge < -0.3 is 10.6 Å². The number of hydrogen-bond acceptors (Lipinski definition) is 3. The predicted molar refractivity (Wildman–Crippen MR) is 92.1 cm³/mol. The average molecular weight is 308 g/mol. The van der Waals surface area contributed by atoms with Crippen molar-refractivity contribution in [2.75, 3.05) is 26.7 Å². The van der Waals surface area contributed by atoms with Gasteiger partial charge in [0.25, 0.3) is 0 Å². The lowest BCUT2D eigenvalue weighted by molar-refractivity contribution is 0.157. The summed E-state index contributed by atoms with van der Waals surface area (Å²) in [5.74, 6) is 0.900. The zero-order valence-electron chi connectivity index (χ0n) is 13.4. The molecular weight excluding hydrogens is 280 g/mol. The van der Waals surface area contributed by atoms with Gasteiger partial charge in [-0.1, -0.05) is 19.4 Å².